The van der Waals surface area contributed by atoms with Crippen molar-refractivity contribution in [1.82, 2.24) is 14.3 Å². The van der Waals surface area contributed by atoms with E-state index in [0.717, 1.165) is 61.3 Å². The zero-order valence-electron chi connectivity index (χ0n) is 22.4. The van der Waals surface area contributed by atoms with Gasteiger partial charge in [-0.3, -0.25) is 4.79 Å². The van der Waals surface area contributed by atoms with Gasteiger partial charge in [0.25, 0.3) is 0 Å². The average Bonchev–Trinajstić information content (AvgIpc) is 3.16. The lowest BCUT2D eigenvalue weighted by atomic mass is 10.0. The third kappa shape index (κ3) is 8.20. The van der Waals surface area contributed by atoms with Crippen LogP contribution in [0.5, 0.6) is 5.75 Å². The van der Waals surface area contributed by atoms with E-state index in [0.29, 0.717) is 31.9 Å². The molecule has 1 aliphatic rings. The van der Waals surface area contributed by atoms with Crippen LogP contribution in [0.2, 0.25) is 0 Å². The van der Waals surface area contributed by atoms with Crippen LogP contribution in [0.15, 0.2) is 54.9 Å². The van der Waals surface area contributed by atoms with E-state index in [1.807, 2.05) is 22.8 Å². The molecule has 2 heterocycles. The molecule has 0 saturated heterocycles. The van der Waals surface area contributed by atoms with Crippen molar-refractivity contribution in [3.05, 3.63) is 77.1 Å². The molecule has 38 heavy (non-hydrogen) atoms. The number of nitrogens with zero attached hydrogens (tertiary/aromatic N) is 3. The SMILES string of the molecule is CCc1cnc(-c2ccc(CCCOc3ccc4c(c3)CCCN(S(=O)CCCOC(C)=O)C4)cc2)nc1. The molecule has 1 aliphatic heterocycles. The Morgan fingerprint density at radius 2 is 1.79 bits per heavy atom. The summed E-state index contributed by atoms with van der Waals surface area (Å²) in [4.78, 5) is 19.8. The van der Waals surface area contributed by atoms with E-state index in [4.69, 9.17) is 9.47 Å². The summed E-state index contributed by atoms with van der Waals surface area (Å²) < 4.78 is 25.8. The number of carbonyl (C=O) groups excluding carboxylic acids is 1. The Kier molecular flexibility index (Phi) is 10.4. The first-order valence-electron chi connectivity index (χ1n) is 13.4. The molecule has 4 rings (SSSR count). The molecule has 3 aromatic rings. The van der Waals surface area contributed by atoms with Crippen molar-refractivity contribution >= 4 is 17.0 Å². The van der Waals surface area contributed by atoms with Gasteiger partial charge in [0.2, 0.25) is 0 Å². The number of rotatable bonds is 12. The fraction of sp³-hybridized carbons (Fsp3) is 0.433. The van der Waals surface area contributed by atoms with E-state index in [1.54, 1.807) is 0 Å². The van der Waals surface area contributed by atoms with Crippen LogP contribution in [0.25, 0.3) is 11.4 Å². The molecular weight excluding hydrogens is 498 g/mol. The molecule has 1 unspecified atom stereocenters. The molecule has 0 fully saturated rings. The maximum atomic E-state index is 12.7. The summed E-state index contributed by atoms with van der Waals surface area (Å²) in [5.74, 6) is 1.86. The van der Waals surface area contributed by atoms with Crippen LogP contribution in [-0.4, -0.2) is 50.0 Å². The normalized spacial score (nSPS) is 14.4. The molecule has 0 spiro atoms. The maximum Gasteiger partial charge on any atom is 0.302 e. The molecule has 0 radical (unpaired) electrons. The van der Waals surface area contributed by atoms with Crippen molar-refractivity contribution < 1.29 is 18.5 Å². The van der Waals surface area contributed by atoms with Gasteiger partial charge in [0.15, 0.2) is 5.82 Å². The van der Waals surface area contributed by atoms with Crippen LogP contribution in [-0.2, 0) is 46.3 Å². The van der Waals surface area contributed by atoms with Crippen molar-refractivity contribution in [2.75, 3.05) is 25.5 Å². The quantitative estimate of drug-likeness (QED) is 0.238. The Morgan fingerprint density at radius 1 is 1.00 bits per heavy atom. The number of carbonyl (C=O) groups is 1. The second-order valence-electron chi connectivity index (χ2n) is 9.53. The number of hydrogen-bond donors (Lipinski definition) is 0. The summed E-state index contributed by atoms with van der Waals surface area (Å²) in [6.45, 7) is 5.92. The van der Waals surface area contributed by atoms with Crippen LogP contribution in [0.1, 0.15) is 55.4 Å². The Hall–Kier alpha value is -3.10. The van der Waals surface area contributed by atoms with Crippen LogP contribution >= 0.6 is 0 Å². The van der Waals surface area contributed by atoms with Gasteiger partial charge in [0.1, 0.15) is 5.75 Å². The van der Waals surface area contributed by atoms with Gasteiger partial charge in [-0.25, -0.2) is 18.5 Å². The molecule has 0 bridgehead atoms. The number of fused-ring (bicyclic) bond motifs is 1. The van der Waals surface area contributed by atoms with Gasteiger partial charge in [-0.2, -0.15) is 0 Å². The highest BCUT2D eigenvalue weighted by atomic mass is 32.2. The first kappa shape index (κ1) is 27.9. The summed E-state index contributed by atoms with van der Waals surface area (Å²) in [7, 11) is -1.08. The van der Waals surface area contributed by atoms with Crippen molar-refractivity contribution in [2.45, 2.75) is 58.9 Å². The smallest absolute Gasteiger partial charge is 0.302 e. The zero-order chi connectivity index (χ0) is 26.7. The number of hydrogen-bond acceptors (Lipinski definition) is 6. The lowest BCUT2D eigenvalue weighted by Gasteiger charge is -2.19. The van der Waals surface area contributed by atoms with E-state index >= 15 is 0 Å². The number of aromatic nitrogens is 2. The highest BCUT2D eigenvalue weighted by molar-refractivity contribution is 7.82. The molecule has 0 saturated carbocycles. The standard InChI is InChI=1S/C30H37N3O4S/c1-3-24-20-31-30(32-21-24)26-11-9-25(10-12-26)7-5-16-37-29-14-13-28-22-33(15-4-8-27(28)19-29)38(35)18-6-17-36-23(2)34/h9-14,19-21H,3-8,15-18,22H2,1-2H3. The predicted octanol–water partition coefficient (Wildman–Crippen LogP) is 5.08. The molecule has 0 amide bonds. The number of ether oxygens (including phenoxy) is 2. The second-order valence-corrected chi connectivity index (χ2v) is 11.1. The van der Waals surface area contributed by atoms with Crippen LogP contribution in [0.3, 0.4) is 0 Å². The summed E-state index contributed by atoms with van der Waals surface area (Å²) in [5, 5.41) is 0. The Labute approximate surface area is 228 Å². The van der Waals surface area contributed by atoms with Gasteiger partial charge in [0, 0.05) is 43.7 Å². The van der Waals surface area contributed by atoms with Crippen molar-refractivity contribution in [1.29, 1.82) is 0 Å². The molecule has 1 atom stereocenters. The Morgan fingerprint density at radius 3 is 2.53 bits per heavy atom. The molecular formula is C30H37N3O4S. The minimum Gasteiger partial charge on any atom is -0.494 e. The molecule has 0 aliphatic carbocycles. The first-order valence-corrected chi connectivity index (χ1v) is 14.7. The lowest BCUT2D eigenvalue weighted by molar-refractivity contribution is -0.140. The van der Waals surface area contributed by atoms with Crippen LogP contribution in [0, 0.1) is 0 Å². The maximum absolute atomic E-state index is 12.7. The van der Waals surface area contributed by atoms with Gasteiger partial charge >= 0.3 is 5.97 Å². The third-order valence-corrected chi connectivity index (χ3v) is 8.16. The Balaban J connectivity index is 1.22. The van der Waals surface area contributed by atoms with E-state index in [-0.39, 0.29) is 5.97 Å². The Bertz CT molecular complexity index is 1220. The van der Waals surface area contributed by atoms with E-state index < -0.39 is 11.0 Å². The van der Waals surface area contributed by atoms with Crippen molar-refractivity contribution in [3.63, 3.8) is 0 Å². The summed E-state index contributed by atoms with van der Waals surface area (Å²) in [6, 6.07) is 14.7. The fourth-order valence-corrected chi connectivity index (χ4v) is 5.71. The van der Waals surface area contributed by atoms with Gasteiger partial charge in [-0.1, -0.05) is 37.3 Å². The summed E-state index contributed by atoms with van der Waals surface area (Å²) in [6.07, 6.45) is 9.10. The highest BCUT2D eigenvalue weighted by Crippen LogP contribution is 2.25. The first-order chi connectivity index (χ1) is 18.5. The molecule has 8 heteroatoms. The number of aryl methyl sites for hydroxylation is 3. The third-order valence-electron chi connectivity index (χ3n) is 6.64. The second kappa shape index (κ2) is 14.2. The van der Waals surface area contributed by atoms with Crippen molar-refractivity contribution in [2.24, 2.45) is 0 Å². The topological polar surface area (TPSA) is 81.6 Å². The molecule has 2 aromatic carbocycles. The summed E-state index contributed by atoms with van der Waals surface area (Å²) in [5.41, 5.74) is 5.92. The van der Waals surface area contributed by atoms with Gasteiger partial charge in [-0.15, -0.1) is 0 Å². The van der Waals surface area contributed by atoms with E-state index in [1.165, 1.54) is 23.6 Å². The number of benzene rings is 2. The molecule has 202 valence electrons. The van der Waals surface area contributed by atoms with E-state index in [2.05, 4.69) is 53.3 Å². The van der Waals surface area contributed by atoms with Crippen LogP contribution in [0.4, 0.5) is 0 Å². The zero-order valence-corrected chi connectivity index (χ0v) is 23.2. The fourth-order valence-electron chi connectivity index (χ4n) is 4.47. The van der Waals surface area contributed by atoms with Crippen LogP contribution < -0.4 is 4.74 Å². The largest absolute Gasteiger partial charge is 0.494 e. The van der Waals surface area contributed by atoms with Gasteiger partial charge < -0.3 is 9.47 Å². The monoisotopic (exact) mass is 535 g/mol. The van der Waals surface area contributed by atoms with E-state index in [9.17, 15) is 9.00 Å². The van der Waals surface area contributed by atoms with Gasteiger partial charge in [-0.05, 0) is 72.9 Å². The minimum absolute atomic E-state index is 0.295. The molecule has 7 nitrogen and oxygen atoms in total. The number of esters is 1. The average molecular weight is 536 g/mol. The molecule has 0 N–H and O–H groups in total. The summed E-state index contributed by atoms with van der Waals surface area (Å²) >= 11 is 0. The predicted molar refractivity (Wildman–Crippen MR) is 150 cm³/mol. The molecule has 1 aromatic heterocycles. The van der Waals surface area contributed by atoms with Gasteiger partial charge in [0.05, 0.1) is 24.2 Å². The lowest BCUT2D eigenvalue weighted by Crippen LogP contribution is -2.28. The van der Waals surface area contributed by atoms with Crippen molar-refractivity contribution in [3.8, 4) is 17.1 Å². The minimum atomic E-state index is -1.08. The highest BCUT2D eigenvalue weighted by Gasteiger charge is 2.19.